The number of rotatable bonds is 5. The van der Waals surface area contributed by atoms with E-state index in [-0.39, 0.29) is 0 Å². The highest BCUT2D eigenvalue weighted by Crippen LogP contribution is 2.39. The second-order valence-corrected chi connectivity index (χ2v) is 13.5. The Kier molecular flexibility index (Phi) is 7.22. The number of aromatic nitrogens is 1. The van der Waals surface area contributed by atoms with Crippen LogP contribution in [0.15, 0.2) is 200 Å². The lowest BCUT2D eigenvalue weighted by molar-refractivity contribution is 1.35. The number of hydrogen-bond donors (Lipinski definition) is 0. The fourth-order valence-corrected chi connectivity index (χ4v) is 7.87. The predicted molar refractivity (Wildman–Crippen MR) is 221 cm³/mol. The van der Waals surface area contributed by atoms with Crippen LogP contribution in [0.4, 0.5) is 0 Å². The predicted octanol–water partition coefficient (Wildman–Crippen LogP) is 14.0. The van der Waals surface area contributed by atoms with Gasteiger partial charge in [0.15, 0.2) is 0 Å². The molecule has 0 saturated carbocycles. The van der Waals surface area contributed by atoms with Crippen molar-refractivity contribution in [3.63, 3.8) is 0 Å². The molecule has 0 amide bonds. The van der Waals surface area contributed by atoms with Gasteiger partial charge in [-0.2, -0.15) is 0 Å². The van der Waals surface area contributed by atoms with E-state index in [9.17, 15) is 0 Å². The molecule has 0 unspecified atom stereocenters. The van der Waals surface area contributed by atoms with Crippen molar-refractivity contribution in [3.8, 4) is 55.9 Å². The third-order valence-electron chi connectivity index (χ3n) is 10.4. The molecule has 1 heterocycles. The highest BCUT2D eigenvalue weighted by atomic mass is 14.7. The summed E-state index contributed by atoms with van der Waals surface area (Å²) in [6, 6.07) is 72.3. The van der Waals surface area contributed by atoms with Crippen LogP contribution >= 0.6 is 0 Å². The van der Waals surface area contributed by atoms with Gasteiger partial charge in [0.1, 0.15) is 0 Å². The van der Waals surface area contributed by atoms with E-state index in [0.717, 1.165) is 27.9 Å². The topological polar surface area (TPSA) is 12.9 Å². The minimum absolute atomic E-state index is 0.963. The van der Waals surface area contributed by atoms with Crippen LogP contribution in [0.5, 0.6) is 0 Å². The van der Waals surface area contributed by atoms with E-state index in [1.165, 1.54) is 71.1 Å². The van der Waals surface area contributed by atoms with E-state index in [2.05, 4.69) is 200 Å². The number of nitrogens with zero attached hydrogens (tertiary/aromatic N) is 1. The molecule has 0 aliphatic carbocycles. The summed E-state index contributed by atoms with van der Waals surface area (Å²) in [4.78, 5) is 5.35. The maximum Gasteiger partial charge on any atom is 0.0788 e. The van der Waals surface area contributed by atoms with Crippen LogP contribution in [0.2, 0.25) is 0 Å². The summed E-state index contributed by atoms with van der Waals surface area (Å²) >= 11 is 0. The molecule has 0 radical (unpaired) electrons. The van der Waals surface area contributed by atoms with Crippen LogP contribution in [0.25, 0.3) is 99.0 Å². The molecule has 0 aliphatic rings. The summed E-state index contributed by atoms with van der Waals surface area (Å²) in [7, 11) is 0. The van der Waals surface area contributed by atoms with Gasteiger partial charge in [-0.15, -0.1) is 0 Å². The Balaban J connectivity index is 1.06. The number of hydrogen-bond acceptors (Lipinski definition) is 1. The van der Waals surface area contributed by atoms with Crippen molar-refractivity contribution in [2.45, 2.75) is 0 Å². The molecule has 1 nitrogen and oxygen atoms in total. The zero-order chi connectivity index (χ0) is 34.4. The summed E-state index contributed by atoms with van der Waals surface area (Å²) in [6.45, 7) is 0. The quantitative estimate of drug-likeness (QED) is 0.168. The summed E-state index contributed by atoms with van der Waals surface area (Å²) in [5.41, 5.74) is 11.3. The molecule has 0 fully saturated rings. The first-order chi connectivity index (χ1) is 25.8. The molecule has 0 aliphatic heterocycles. The highest BCUT2D eigenvalue weighted by molar-refractivity contribution is 6.25. The molecule has 10 rings (SSSR count). The lowest BCUT2D eigenvalue weighted by Crippen LogP contribution is -1.92. The fourth-order valence-electron chi connectivity index (χ4n) is 7.87. The number of fused-ring (bicyclic) bond motifs is 7. The van der Waals surface area contributed by atoms with Crippen LogP contribution in [-0.2, 0) is 0 Å². The van der Waals surface area contributed by atoms with Gasteiger partial charge in [-0.05, 0) is 101 Å². The van der Waals surface area contributed by atoms with Crippen LogP contribution in [0.3, 0.4) is 0 Å². The Morgan fingerprint density at radius 1 is 0.231 bits per heavy atom. The van der Waals surface area contributed by atoms with Crippen molar-refractivity contribution in [3.05, 3.63) is 200 Å². The van der Waals surface area contributed by atoms with Gasteiger partial charge < -0.3 is 0 Å². The summed E-state index contributed by atoms with van der Waals surface area (Å²) < 4.78 is 0. The Bertz CT molecular complexity index is 2920. The molecule has 242 valence electrons. The first-order valence-electron chi connectivity index (χ1n) is 17.9. The van der Waals surface area contributed by atoms with E-state index in [1.54, 1.807) is 0 Å². The third kappa shape index (κ3) is 5.23. The molecule has 1 aromatic heterocycles. The zero-order valence-corrected chi connectivity index (χ0v) is 28.5. The first kappa shape index (κ1) is 30.0. The SMILES string of the molecule is c1ccc(-c2cccc(-c3nc(-c4cccc(-c5cccc(-c6ccc7c8ccccc8c8ccccc8c7c6)c5)c4)cc4ccccc34)c2)cc1. The monoisotopic (exact) mass is 659 g/mol. The molecule has 1 heteroatoms. The normalized spacial score (nSPS) is 11.5. The molecule has 0 bridgehead atoms. The lowest BCUT2D eigenvalue weighted by Gasteiger charge is -2.13. The molecular weight excluding hydrogens is 627 g/mol. The standard InChI is InChI=1S/C51H33N/c1-2-13-34(14-3-1)35-16-12-21-42(31-35)51-43-22-5-4-15-40(43)33-50(52-51)41-20-11-19-38(30-41)36-17-10-18-37(29-36)39-27-28-48-46-25-7-6-23-44(46)45-24-8-9-26-47(45)49(48)32-39/h1-33H. The maximum atomic E-state index is 5.35. The molecule has 0 N–H and O–H groups in total. The minimum atomic E-state index is 0.963. The van der Waals surface area contributed by atoms with Gasteiger partial charge in [-0.25, -0.2) is 4.98 Å². The molecule has 0 spiro atoms. The van der Waals surface area contributed by atoms with E-state index >= 15 is 0 Å². The average Bonchev–Trinajstić information content (AvgIpc) is 3.23. The van der Waals surface area contributed by atoms with Crippen molar-refractivity contribution in [1.29, 1.82) is 0 Å². The Morgan fingerprint density at radius 3 is 1.31 bits per heavy atom. The van der Waals surface area contributed by atoms with Gasteiger partial charge in [-0.3, -0.25) is 0 Å². The van der Waals surface area contributed by atoms with Crippen molar-refractivity contribution in [2.24, 2.45) is 0 Å². The van der Waals surface area contributed by atoms with E-state index in [1.807, 2.05) is 0 Å². The van der Waals surface area contributed by atoms with Crippen LogP contribution in [0, 0.1) is 0 Å². The Hall–Kier alpha value is -6.83. The van der Waals surface area contributed by atoms with Gasteiger partial charge in [0.25, 0.3) is 0 Å². The van der Waals surface area contributed by atoms with Gasteiger partial charge in [0, 0.05) is 16.5 Å². The van der Waals surface area contributed by atoms with E-state index in [4.69, 9.17) is 4.98 Å². The zero-order valence-electron chi connectivity index (χ0n) is 28.5. The summed E-state index contributed by atoms with van der Waals surface area (Å²) in [5.74, 6) is 0. The van der Waals surface area contributed by atoms with Crippen molar-refractivity contribution in [1.82, 2.24) is 4.98 Å². The van der Waals surface area contributed by atoms with Crippen molar-refractivity contribution >= 4 is 43.1 Å². The molecule has 52 heavy (non-hydrogen) atoms. The van der Waals surface area contributed by atoms with Crippen molar-refractivity contribution < 1.29 is 0 Å². The van der Waals surface area contributed by atoms with Gasteiger partial charge in [0.2, 0.25) is 0 Å². The minimum Gasteiger partial charge on any atom is -0.247 e. The first-order valence-corrected chi connectivity index (χ1v) is 17.9. The Morgan fingerprint density at radius 2 is 0.654 bits per heavy atom. The molecule has 10 aromatic rings. The summed E-state index contributed by atoms with van der Waals surface area (Å²) in [5, 5.41) is 10.1. The van der Waals surface area contributed by atoms with Crippen LogP contribution in [0.1, 0.15) is 0 Å². The fraction of sp³-hybridized carbons (Fsp3) is 0. The van der Waals surface area contributed by atoms with E-state index < -0.39 is 0 Å². The second kappa shape index (κ2) is 12.5. The van der Waals surface area contributed by atoms with Gasteiger partial charge >= 0.3 is 0 Å². The van der Waals surface area contributed by atoms with Crippen LogP contribution in [-0.4, -0.2) is 4.98 Å². The molecule has 0 saturated heterocycles. The van der Waals surface area contributed by atoms with Crippen LogP contribution < -0.4 is 0 Å². The number of pyridine rings is 1. The lowest BCUT2D eigenvalue weighted by atomic mass is 9.91. The van der Waals surface area contributed by atoms with E-state index in [0.29, 0.717) is 0 Å². The maximum absolute atomic E-state index is 5.35. The third-order valence-corrected chi connectivity index (χ3v) is 10.4. The molecular formula is C51H33N. The smallest absolute Gasteiger partial charge is 0.0788 e. The van der Waals surface area contributed by atoms with Gasteiger partial charge in [0.05, 0.1) is 11.4 Å². The largest absolute Gasteiger partial charge is 0.247 e. The molecule has 0 atom stereocenters. The highest BCUT2D eigenvalue weighted by Gasteiger charge is 2.13. The summed E-state index contributed by atoms with van der Waals surface area (Å²) in [6.07, 6.45) is 0. The van der Waals surface area contributed by atoms with Crippen molar-refractivity contribution in [2.75, 3.05) is 0 Å². The molecule has 9 aromatic carbocycles. The number of benzene rings is 9. The average molecular weight is 660 g/mol. The second-order valence-electron chi connectivity index (χ2n) is 13.5. The van der Waals surface area contributed by atoms with Gasteiger partial charge in [-0.1, -0.05) is 170 Å². The Labute approximate surface area is 303 Å².